The Hall–Kier alpha value is -2.01. The molecule has 1 heterocycles. The molecule has 0 unspecified atom stereocenters. The highest BCUT2D eigenvalue weighted by Crippen LogP contribution is 2.23. The molecule has 2 rings (SSSR count). The van der Waals surface area contributed by atoms with Crippen LogP contribution in [0.2, 0.25) is 0 Å². The first-order valence-corrected chi connectivity index (χ1v) is 7.20. The quantitative estimate of drug-likeness (QED) is 0.678. The maximum Gasteiger partial charge on any atom is 0.189 e. The SMILES string of the molecule is Cc1nc(C)c(/C=C/C(=O)c2ccc(Br)cc2O)nc1C. The van der Waals surface area contributed by atoms with Gasteiger partial charge in [-0.05, 0) is 51.1 Å². The zero-order valence-electron chi connectivity index (χ0n) is 12.0. The minimum atomic E-state index is -0.278. The van der Waals surface area contributed by atoms with E-state index in [1.165, 1.54) is 12.1 Å². The predicted molar refractivity (Wildman–Crippen MR) is 85.4 cm³/mol. The van der Waals surface area contributed by atoms with E-state index in [9.17, 15) is 9.90 Å². The molecule has 0 saturated carbocycles. The van der Waals surface area contributed by atoms with Gasteiger partial charge in [-0.25, -0.2) is 4.98 Å². The summed E-state index contributed by atoms with van der Waals surface area (Å²) in [7, 11) is 0. The predicted octanol–water partition coefficient (Wildman–Crippen LogP) is 3.77. The number of aryl methyl sites for hydroxylation is 3. The standard InChI is InChI=1S/C16H15BrN2O2/c1-9-10(2)19-14(11(3)18-9)6-7-15(20)13-5-4-12(17)8-16(13)21/h4-8,21H,1-3H3/b7-6+. The number of aromatic nitrogens is 2. The topological polar surface area (TPSA) is 63.1 Å². The number of aromatic hydroxyl groups is 1. The van der Waals surface area contributed by atoms with Crippen molar-refractivity contribution in [3.05, 3.63) is 57.1 Å². The van der Waals surface area contributed by atoms with E-state index in [-0.39, 0.29) is 17.1 Å². The van der Waals surface area contributed by atoms with Crippen LogP contribution >= 0.6 is 15.9 Å². The van der Waals surface area contributed by atoms with Crippen LogP contribution in [0, 0.1) is 20.8 Å². The first-order chi connectivity index (χ1) is 9.88. The van der Waals surface area contributed by atoms with E-state index in [0.29, 0.717) is 5.69 Å². The summed E-state index contributed by atoms with van der Waals surface area (Å²) >= 11 is 3.24. The van der Waals surface area contributed by atoms with Crippen molar-refractivity contribution in [1.82, 2.24) is 9.97 Å². The Morgan fingerprint density at radius 1 is 1.14 bits per heavy atom. The molecule has 1 N–H and O–H groups in total. The molecule has 0 amide bonds. The molecule has 4 nitrogen and oxygen atoms in total. The molecule has 0 saturated heterocycles. The van der Waals surface area contributed by atoms with Crippen LogP contribution in [-0.4, -0.2) is 20.9 Å². The molecule has 0 radical (unpaired) electrons. The maximum absolute atomic E-state index is 12.1. The third-order valence-corrected chi connectivity index (χ3v) is 3.63. The largest absolute Gasteiger partial charge is 0.507 e. The number of phenolic OH excluding ortho intramolecular Hbond substituents is 1. The Balaban J connectivity index is 2.29. The average molecular weight is 347 g/mol. The molecule has 0 spiro atoms. The summed E-state index contributed by atoms with van der Waals surface area (Å²) in [5, 5.41) is 9.78. The van der Waals surface area contributed by atoms with Gasteiger partial charge in [-0.1, -0.05) is 15.9 Å². The van der Waals surface area contributed by atoms with E-state index < -0.39 is 0 Å². The van der Waals surface area contributed by atoms with Crippen LogP contribution in [0.4, 0.5) is 0 Å². The van der Waals surface area contributed by atoms with Crippen molar-refractivity contribution in [3.63, 3.8) is 0 Å². The van der Waals surface area contributed by atoms with Gasteiger partial charge in [-0.2, -0.15) is 0 Å². The van der Waals surface area contributed by atoms with Crippen molar-refractivity contribution in [3.8, 4) is 5.75 Å². The van der Waals surface area contributed by atoms with Gasteiger partial charge in [-0.3, -0.25) is 9.78 Å². The van der Waals surface area contributed by atoms with Crippen LogP contribution in [0.5, 0.6) is 5.75 Å². The fourth-order valence-electron chi connectivity index (χ4n) is 1.85. The normalized spacial score (nSPS) is 11.0. The Morgan fingerprint density at radius 2 is 1.81 bits per heavy atom. The number of benzene rings is 1. The van der Waals surface area contributed by atoms with Crippen LogP contribution in [-0.2, 0) is 0 Å². The Bertz CT molecular complexity index is 739. The van der Waals surface area contributed by atoms with Crippen LogP contribution in [0.15, 0.2) is 28.7 Å². The van der Waals surface area contributed by atoms with Crippen molar-refractivity contribution < 1.29 is 9.90 Å². The molecule has 0 atom stereocenters. The van der Waals surface area contributed by atoms with Crippen molar-refractivity contribution in [2.24, 2.45) is 0 Å². The van der Waals surface area contributed by atoms with Crippen LogP contribution in [0.1, 0.15) is 33.1 Å². The van der Waals surface area contributed by atoms with E-state index in [0.717, 1.165) is 21.6 Å². The van der Waals surface area contributed by atoms with Gasteiger partial charge in [0.15, 0.2) is 5.78 Å². The van der Waals surface area contributed by atoms with E-state index >= 15 is 0 Å². The highest BCUT2D eigenvalue weighted by molar-refractivity contribution is 9.10. The maximum atomic E-state index is 12.1. The summed E-state index contributed by atoms with van der Waals surface area (Å²) in [6.45, 7) is 5.62. The second-order valence-corrected chi connectivity index (χ2v) is 5.64. The average Bonchev–Trinajstić information content (AvgIpc) is 2.41. The zero-order chi connectivity index (χ0) is 15.6. The fourth-order valence-corrected chi connectivity index (χ4v) is 2.20. The number of nitrogens with zero attached hydrogens (tertiary/aromatic N) is 2. The summed E-state index contributed by atoms with van der Waals surface area (Å²) in [5.74, 6) is -0.332. The molecular weight excluding hydrogens is 332 g/mol. The molecule has 21 heavy (non-hydrogen) atoms. The van der Waals surface area contributed by atoms with Crippen molar-refractivity contribution in [2.75, 3.05) is 0 Å². The third-order valence-electron chi connectivity index (χ3n) is 3.14. The minimum absolute atomic E-state index is 0.0538. The molecule has 1 aromatic carbocycles. The van der Waals surface area contributed by atoms with Gasteiger partial charge in [0.1, 0.15) is 5.75 Å². The van der Waals surface area contributed by atoms with Crippen LogP contribution in [0.25, 0.3) is 6.08 Å². The zero-order valence-corrected chi connectivity index (χ0v) is 13.6. The van der Waals surface area contributed by atoms with E-state index in [2.05, 4.69) is 25.9 Å². The number of ketones is 1. The first-order valence-electron chi connectivity index (χ1n) is 6.41. The highest BCUT2D eigenvalue weighted by Gasteiger charge is 2.09. The molecule has 0 aliphatic rings. The molecule has 2 aromatic rings. The van der Waals surface area contributed by atoms with Crippen molar-refractivity contribution in [2.45, 2.75) is 20.8 Å². The lowest BCUT2D eigenvalue weighted by Gasteiger charge is -2.04. The van der Waals surface area contributed by atoms with E-state index in [4.69, 9.17) is 0 Å². The van der Waals surface area contributed by atoms with Gasteiger partial charge in [-0.15, -0.1) is 0 Å². The van der Waals surface area contributed by atoms with Gasteiger partial charge >= 0.3 is 0 Å². The lowest BCUT2D eigenvalue weighted by Crippen LogP contribution is -2.00. The van der Waals surface area contributed by atoms with Crippen molar-refractivity contribution in [1.29, 1.82) is 0 Å². The molecule has 0 aliphatic heterocycles. The molecule has 1 aromatic heterocycles. The van der Waals surface area contributed by atoms with Crippen LogP contribution in [0.3, 0.4) is 0 Å². The number of hydrogen-bond donors (Lipinski definition) is 1. The second-order valence-electron chi connectivity index (χ2n) is 4.72. The van der Waals surface area contributed by atoms with Gasteiger partial charge in [0.25, 0.3) is 0 Å². The summed E-state index contributed by atoms with van der Waals surface area (Å²) in [4.78, 5) is 20.9. The molecular formula is C16H15BrN2O2. The number of carbonyl (C=O) groups excluding carboxylic acids is 1. The number of rotatable bonds is 3. The number of halogens is 1. The fraction of sp³-hybridized carbons (Fsp3) is 0.188. The second kappa shape index (κ2) is 6.18. The number of phenols is 1. The Labute approximate surface area is 131 Å². The van der Waals surface area contributed by atoms with Gasteiger partial charge in [0.05, 0.1) is 28.3 Å². The number of carbonyl (C=O) groups is 1. The Kier molecular flexibility index (Phi) is 4.53. The van der Waals surface area contributed by atoms with Gasteiger partial charge in [0.2, 0.25) is 0 Å². The van der Waals surface area contributed by atoms with Gasteiger partial charge in [0, 0.05) is 4.47 Å². The third kappa shape index (κ3) is 3.55. The molecule has 0 bridgehead atoms. The van der Waals surface area contributed by atoms with E-state index in [1.807, 2.05) is 20.8 Å². The summed E-state index contributed by atoms with van der Waals surface area (Å²) in [6, 6.07) is 4.77. The highest BCUT2D eigenvalue weighted by atomic mass is 79.9. The summed E-state index contributed by atoms with van der Waals surface area (Å²) in [5.41, 5.74) is 3.38. The number of allylic oxidation sites excluding steroid dienone is 1. The summed E-state index contributed by atoms with van der Waals surface area (Å²) < 4.78 is 0.719. The first kappa shape index (κ1) is 15.4. The molecule has 0 fully saturated rings. The monoisotopic (exact) mass is 346 g/mol. The molecule has 0 aliphatic carbocycles. The number of hydrogen-bond acceptors (Lipinski definition) is 4. The summed E-state index contributed by atoms with van der Waals surface area (Å²) in [6.07, 6.45) is 3.02. The minimum Gasteiger partial charge on any atom is -0.507 e. The van der Waals surface area contributed by atoms with Crippen LogP contribution < -0.4 is 0 Å². The smallest absolute Gasteiger partial charge is 0.189 e. The van der Waals surface area contributed by atoms with Crippen molar-refractivity contribution >= 4 is 27.8 Å². The molecule has 5 heteroatoms. The van der Waals surface area contributed by atoms with Gasteiger partial charge < -0.3 is 5.11 Å². The lowest BCUT2D eigenvalue weighted by atomic mass is 10.1. The lowest BCUT2D eigenvalue weighted by molar-refractivity contribution is 0.104. The van der Waals surface area contributed by atoms with E-state index in [1.54, 1.807) is 18.2 Å². The molecule has 108 valence electrons. The Morgan fingerprint density at radius 3 is 2.48 bits per heavy atom.